The molecule has 0 aliphatic heterocycles. The van der Waals surface area contributed by atoms with E-state index in [9.17, 15) is 4.39 Å². The largest absolute Gasteiger partial charge is 0.243 e. The zero-order valence-electron chi connectivity index (χ0n) is 8.58. The lowest BCUT2D eigenvalue weighted by Gasteiger charge is -2.03. The maximum absolute atomic E-state index is 13.6. The first-order valence-corrected chi connectivity index (χ1v) is 6.21. The Morgan fingerprint density at radius 3 is 3.06 bits per heavy atom. The van der Waals surface area contributed by atoms with Crippen molar-refractivity contribution in [3.8, 4) is 11.1 Å². The summed E-state index contributed by atoms with van der Waals surface area (Å²) in [5.74, 6) is -0.299. The van der Waals surface area contributed by atoms with E-state index in [1.807, 2.05) is 6.07 Å². The molecule has 4 heteroatoms. The standard InChI is InChI=1S/C13H6ClFNS/c14-10-5-8(6-12-13(10)16-7-17-12)9-3-1-2-4-11(9)15/h1-2,4-7H. The average Bonchev–Trinajstić information content (AvgIpc) is 2.78. The van der Waals surface area contributed by atoms with E-state index < -0.39 is 0 Å². The van der Waals surface area contributed by atoms with Crippen LogP contribution in [0.1, 0.15) is 0 Å². The SMILES string of the molecule is Fc1ccc[c]c1-c1cc(Cl)c2ncsc2c1. The number of nitrogens with zero attached hydrogens (tertiary/aromatic N) is 1. The molecule has 0 bridgehead atoms. The van der Waals surface area contributed by atoms with Crippen molar-refractivity contribution in [2.45, 2.75) is 0 Å². The first kappa shape index (κ1) is 10.7. The summed E-state index contributed by atoms with van der Waals surface area (Å²) in [4.78, 5) is 4.16. The first-order chi connectivity index (χ1) is 8.25. The van der Waals surface area contributed by atoms with Gasteiger partial charge in [0.1, 0.15) is 5.82 Å². The Balaban J connectivity index is 2.28. The van der Waals surface area contributed by atoms with Crippen LogP contribution in [0.5, 0.6) is 0 Å². The highest BCUT2D eigenvalue weighted by molar-refractivity contribution is 7.16. The number of halogens is 2. The summed E-state index contributed by atoms with van der Waals surface area (Å²) in [7, 11) is 0. The zero-order chi connectivity index (χ0) is 11.8. The predicted molar refractivity (Wildman–Crippen MR) is 68.9 cm³/mol. The van der Waals surface area contributed by atoms with Gasteiger partial charge in [-0.05, 0) is 29.8 Å². The molecule has 0 saturated carbocycles. The maximum Gasteiger partial charge on any atom is 0.131 e. The molecule has 1 nitrogen and oxygen atoms in total. The Labute approximate surface area is 106 Å². The second-order valence-electron chi connectivity index (χ2n) is 3.55. The summed E-state index contributed by atoms with van der Waals surface area (Å²) in [5, 5.41) is 0.537. The Morgan fingerprint density at radius 2 is 2.24 bits per heavy atom. The molecule has 0 fully saturated rings. The van der Waals surface area contributed by atoms with E-state index >= 15 is 0 Å². The van der Waals surface area contributed by atoms with Crippen molar-refractivity contribution in [3.05, 3.63) is 52.7 Å². The molecule has 83 valence electrons. The van der Waals surface area contributed by atoms with Gasteiger partial charge in [-0.15, -0.1) is 11.3 Å². The smallest absolute Gasteiger partial charge is 0.131 e. The molecular formula is C13H6ClFNS. The van der Waals surface area contributed by atoms with E-state index in [1.165, 1.54) is 17.4 Å². The van der Waals surface area contributed by atoms with Crippen molar-refractivity contribution < 1.29 is 4.39 Å². The molecule has 0 saturated heterocycles. The van der Waals surface area contributed by atoms with Crippen molar-refractivity contribution in [2.75, 3.05) is 0 Å². The molecule has 0 N–H and O–H groups in total. The quantitative estimate of drug-likeness (QED) is 0.627. The topological polar surface area (TPSA) is 12.9 Å². The van der Waals surface area contributed by atoms with Crippen LogP contribution in [-0.2, 0) is 0 Å². The molecule has 1 aromatic heterocycles. The number of fused-ring (bicyclic) bond motifs is 1. The molecule has 1 heterocycles. The van der Waals surface area contributed by atoms with E-state index in [0.717, 1.165) is 15.8 Å². The predicted octanol–water partition coefficient (Wildman–Crippen LogP) is 4.56. The van der Waals surface area contributed by atoms with Crippen LogP contribution in [-0.4, -0.2) is 4.98 Å². The number of benzene rings is 2. The van der Waals surface area contributed by atoms with Gasteiger partial charge in [0.05, 0.1) is 20.7 Å². The van der Waals surface area contributed by atoms with Crippen LogP contribution in [0.25, 0.3) is 21.3 Å². The third-order valence-electron chi connectivity index (χ3n) is 2.48. The van der Waals surface area contributed by atoms with Gasteiger partial charge in [0, 0.05) is 5.56 Å². The van der Waals surface area contributed by atoms with Crippen molar-refractivity contribution in [3.63, 3.8) is 0 Å². The molecule has 0 unspecified atom stereocenters. The molecule has 3 aromatic rings. The fraction of sp³-hybridized carbons (Fsp3) is 0. The molecule has 1 radical (unpaired) electrons. The van der Waals surface area contributed by atoms with Crippen molar-refractivity contribution in [1.29, 1.82) is 0 Å². The second kappa shape index (κ2) is 4.09. The monoisotopic (exact) mass is 262 g/mol. The molecule has 0 atom stereocenters. The number of hydrogen-bond acceptors (Lipinski definition) is 2. The summed E-state index contributed by atoms with van der Waals surface area (Å²) in [6.07, 6.45) is 0. The summed E-state index contributed by atoms with van der Waals surface area (Å²) in [6.45, 7) is 0. The Hall–Kier alpha value is -1.45. The molecular weight excluding hydrogens is 257 g/mol. The molecule has 0 aliphatic carbocycles. The van der Waals surface area contributed by atoms with Gasteiger partial charge >= 0.3 is 0 Å². The van der Waals surface area contributed by atoms with Crippen LogP contribution < -0.4 is 0 Å². The summed E-state index contributed by atoms with van der Waals surface area (Å²) in [5.41, 5.74) is 3.65. The average molecular weight is 263 g/mol. The fourth-order valence-electron chi connectivity index (χ4n) is 1.71. The van der Waals surface area contributed by atoms with Gasteiger partial charge in [-0.2, -0.15) is 0 Å². The Kier molecular flexibility index (Phi) is 2.57. The van der Waals surface area contributed by atoms with E-state index in [2.05, 4.69) is 11.1 Å². The number of thiazole rings is 1. The van der Waals surface area contributed by atoms with Gasteiger partial charge < -0.3 is 0 Å². The van der Waals surface area contributed by atoms with Crippen molar-refractivity contribution in [2.24, 2.45) is 0 Å². The first-order valence-electron chi connectivity index (χ1n) is 4.95. The summed E-state index contributed by atoms with van der Waals surface area (Å²) >= 11 is 7.60. The van der Waals surface area contributed by atoms with E-state index in [4.69, 9.17) is 11.6 Å². The second-order valence-corrected chi connectivity index (χ2v) is 4.84. The summed E-state index contributed by atoms with van der Waals surface area (Å²) in [6, 6.07) is 11.2. The van der Waals surface area contributed by atoms with Gasteiger partial charge in [0.15, 0.2) is 0 Å². The van der Waals surface area contributed by atoms with Crippen molar-refractivity contribution >= 4 is 33.2 Å². The molecule has 2 aromatic carbocycles. The highest BCUT2D eigenvalue weighted by atomic mass is 35.5. The Bertz CT molecular complexity index is 693. The zero-order valence-corrected chi connectivity index (χ0v) is 10.1. The molecule has 17 heavy (non-hydrogen) atoms. The number of aromatic nitrogens is 1. The molecule has 3 rings (SSSR count). The van der Waals surface area contributed by atoms with E-state index in [-0.39, 0.29) is 5.82 Å². The third kappa shape index (κ3) is 1.81. The number of rotatable bonds is 1. The van der Waals surface area contributed by atoms with Gasteiger partial charge in [-0.25, -0.2) is 9.37 Å². The van der Waals surface area contributed by atoms with Crippen LogP contribution in [0.3, 0.4) is 0 Å². The fourth-order valence-corrected chi connectivity index (χ4v) is 2.77. The van der Waals surface area contributed by atoms with Gasteiger partial charge in [-0.3, -0.25) is 0 Å². The lowest BCUT2D eigenvalue weighted by molar-refractivity contribution is 0.631. The van der Waals surface area contributed by atoms with Gasteiger partial charge in [0.2, 0.25) is 0 Å². The Morgan fingerprint density at radius 1 is 1.35 bits per heavy atom. The molecule has 0 aliphatic rings. The van der Waals surface area contributed by atoms with Crippen LogP contribution in [0.15, 0.2) is 35.8 Å². The molecule has 0 amide bonds. The summed E-state index contributed by atoms with van der Waals surface area (Å²) < 4.78 is 14.6. The highest BCUT2D eigenvalue weighted by Gasteiger charge is 2.09. The minimum atomic E-state index is -0.299. The maximum atomic E-state index is 13.6. The van der Waals surface area contributed by atoms with E-state index in [1.54, 1.807) is 23.7 Å². The third-order valence-corrected chi connectivity index (χ3v) is 3.55. The van der Waals surface area contributed by atoms with Gasteiger partial charge in [0.25, 0.3) is 0 Å². The normalized spacial score (nSPS) is 10.9. The highest BCUT2D eigenvalue weighted by Crippen LogP contribution is 2.32. The van der Waals surface area contributed by atoms with Crippen LogP contribution in [0, 0.1) is 11.9 Å². The lowest BCUT2D eigenvalue weighted by atomic mass is 10.1. The van der Waals surface area contributed by atoms with Crippen LogP contribution >= 0.6 is 22.9 Å². The van der Waals surface area contributed by atoms with Gasteiger partial charge in [-0.1, -0.05) is 23.7 Å². The minimum absolute atomic E-state index is 0.299. The van der Waals surface area contributed by atoms with E-state index in [0.29, 0.717) is 10.6 Å². The number of hydrogen-bond donors (Lipinski definition) is 0. The van der Waals surface area contributed by atoms with Crippen LogP contribution in [0.4, 0.5) is 4.39 Å². The molecule has 0 spiro atoms. The minimum Gasteiger partial charge on any atom is -0.243 e. The lowest BCUT2D eigenvalue weighted by Crippen LogP contribution is -1.84. The van der Waals surface area contributed by atoms with Crippen LogP contribution in [0.2, 0.25) is 5.02 Å². The van der Waals surface area contributed by atoms with Crippen molar-refractivity contribution in [1.82, 2.24) is 4.98 Å².